The van der Waals surface area contributed by atoms with Gasteiger partial charge in [-0.15, -0.1) is 12.4 Å². The van der Waals surface area contributed by atoms with Crippen LogP contribution in [0.2, 0.25) is 0 Å². The lowest BCUT2D eigenvalue weighted by Gasteiger charge is -2.22. The Balaban J connectivity index is 0.00000320. The van der Waals surface area contributed by atoms with E-state index < -0.39 is 0 Å². The van der Waals surface area contributed by atoms with Crippen LogP contribution in [0.15, 0.2) is 36.4 Å². The van der Waals surface area contributed by atoms with Gasteiger partial charge in [0.15, 0.2) is 11.7 Å². The number of thiazole rings is 1. The van der Waals surface area contributed by atoms with Gasteiger partial charge >= 0.3 is 0 Å². The zero-order valence-electron chi connectivity index (χ0n) is 18.0. The van der Waals surface area contributed by atoms with Gasteiger partial charge in [-0.25, -0.2) is 4.98 Å². The molecule has 0 radical (unpaired) electrons. The molecule has 0 N–H and O–H groups in total. The van der Waals surface area contributed by atoms with E-state index in [1.807, 2.05) is 31.1 Å². The summed E-state index contributed by atoms with van der Waals surface area (Å²) in [7, 11) is 5.59. The van der Waals surface area contributed by atoms with E-state index in [1.54, 1.807) is 24.1 Å². The number of ether oxygens (including phenoxy) is 2. The molecule has 0 spiro atoms. The predicted octanol–water partition coefficient (Wildman–Crippen LogP) is 4.32. The highest BCUT2D eigenvalue weighted by Gasteiger charge is 2.21. The number of anilines is 1. The highest BCUT2D eigenvalue weighted by molar-refractivity contribution is 7.22. The molecule has 1 amide bonds. The van der Waals surface area contributed by atoms with Crippen LogP contribution in [0.5, 0.6) is 11.5 Å². The summed E-state index contributed by atoms with van der Waals surface area (Å²) in [6.07, 6.45) is 0. The first-order chi connectivity index (χ1) is 13.9. The first kappa shape index (κ1) is 23.9. The van der Waals surface area contributed by atoms with Crippen LogP contribution in [0.1, 0.15) is 11.1 Å². The van der Waals surface area contributed by atoms with Crippen LogP contribution in [-0.2, 0) is 4.79 Å². The number of nitrogens with zero attached hydrogens (tertiary/aromatic N) is 3. The number of halogens is 1. The van der Waals surface area contributed by atoms with E-state index in [1.165, 1.54) is 16.9 Å². The summed E-state index contributed by atoms with van der Waals surface area (Å²) in [6.45, 7) is 5.39. The summed E-state index contributed by atoms with van der Waals surface area (Å²) in [5.41, 5.74) is 3.31. The van der Waals surface area contributed by atoms with Crippen molar-refractivity contribution in [2.75, 3.05) is 45.8 Å². The molecule has 162 valence electrons. The Morgan fingerprint density at radius 2 is 1.70 bits per heavy atom. The van der Waals surface area contributed by atoms with Gasteiger partial charge in [-0.05, 0) is 69.4 Å². The third-order valence-electron chi connectivity index (χ3n) is 4.80. The predicted molar refractivity (Wildman–Crippen MR) is 126 cm³/mol. The molecule has 8 heteroatoms. The van der Waals surface area contributed by atoms with E-state index in [2.05, 4.69) is 26.0 Å². The second-order valence-corrected chi connectivity index (χ2v) is 8.17. The lowest BCUT2D eigenvalue weighted by Crippen LogP contribution is -2.39. The van der Waals surface area contributed by atoms with E-state index >= 15 is 0 Å². The van der Waals surface area contributed by atoms with E-state index in [-0.39, 0.29) is 24.9 Å². The lowest BCUT2D eigenvalue weighted by atomic mass is 10.1. The Labute approximate surface area is 187 Å². The molecule has 0 aliphatic carbocycles. The van der Waals surface area contributed by atoms with Gasteiger partial charge in [0, 0.05) is 13.1 Å². The number of amides is 1. The first-order valence-corrected chi connectivity index (χ1v) is 10.3. The van der Waals surface area contributed by atoms with Crippen LogP contribution in [0, 0.1) is 13.8 Å². The average Bonchev–Trinajstić information content (AvgIpc) is 3.14. The van der Waals surface area contributed by atoms with Crippen molar-refractivity contribution in [3.8, 4) is 11.5 Å². The zero-order chi connectivity index (χ0) is 21.0. The molecule has 0 aliphatic rings. The van der Waals surface area contributed by atoms with Crippen LogP contribution in [0.25, 0.3) is 10.2 Å². The van der Waals surface area contributed by atoms with E-state index in [9.17, 15) is 4.79 Å². The summed E-state index contributed by atoms with van der Waals surface area (Å²) in [5.74, 6) is 1.26. The third-order valence-corrected chi connectivity index (χ3v) is 5.84. The first-order valence-electron chi connectivity index (χ1n) is 9.47. The molecule has 30 heavy (non-hydrogen) atoms. The Kier molecular flexibility index (Phi) is 8.46. The monoisotopic (exact) mass is 449 g/mol. The fourth-order valence-corrected chi connectivity index (χ4v) is 3.92. The van der Waals surface area contributed by atoms with Gasteiger partial charge in [0.2, 0.25) is 0 Å². The van der Waals surface area contributed by atoms with Crippen molar-refractivity contribution in [1.29, 1.82) is 0 Å². The fourth-order valence-electron chi connectivity index (χ4n) is 2.85. The largest absolute Gasteiger partial charge is 0.497 e. The number of benzene rings is 2. The summed E-state index contributed by atoms with van der Waals surface area (Å²) in [6, 6.07) is 11.4. The maximum atomic E-state index is 13.0. The molecule has 0 atom stereocenters. The van der Waals surface area contributed by atoms with Gasteiger partial charge in [-0.1, -0.05) is 17.4 Å². The van der Waals surface area contributed by atoms with Crippen LogP contribution in [-0.4, -0.2) is 56.7 Å². The normalized spacial score (nSPS) is 10.7. The van der Waals surface area contributed by atoms with Gasteiger partial charge < -0.3 is 14.4 Å². The number of aryl methyl sites for hydroxylation is 2. The maximum absolute atomic E-state index is 13.0. The standard InChI is InChI=1S/C22H27N3O3S.ClH/c1-15-6-11-19-21(16(15)2)23-22(29-19)25(13-12-24(3)4)20(26)14-28-18-9-7-17(27-5)8-10-18;/h6-11H,12-14H2,1-5H3;1H. The molecule has 2 aromatic carbocycles. The van der Waals surface area contributed by atoms with Crippen LogP contribution in [0.4, 0.5) is 5.13 Å². The van der Waals surface area contributed by atoms with Crippen molar-refractivity contribution >= 4 is 45.0 Å². The Hall–Kier alpha value is -2.35. The van der Waals surface area contributed by atoms with E-state index in [0.29, 0.717) is 17.4 Å². The summed E-state index contributed by atoms with van der Waals surface area (Å²) in [4.78, 5) is 21.6. The zero-order valence-corrected chi connectivity index (χ0v) is 19.6. The molecule has 3 rings (SSSR count). The Bertz CT molecular complexity index is 989. The maximum Gasteiger partial charge on any atom is 0.266 e. The molecule has 0 saturated heterocycles. The molecule has 3 aromatic rings. The van der Waals surface area contributed by atoms with Crippen LogP contribution in [0.3, 0.4) is 0 Å². The van der Waals surface area contributed by atoms with Gasteiger partial charge in [0.05, 0.1) is 17.3 Å². The number of carbonyl (C=O) groups excluding carboxylic acids is 1. The molecule has 0 saturated carbocycles. The Morgan fingerprint density at radius 1 is 1.03 bits per heavy atom. The minimum absolute atomic E-state index is 0. The smallest absolute Gasteiger partial charge is 0.266 e. The summed E-state index contributed by atoms with van der Waals surface area (Å²) in [5, 5.41) is 0.707. The number of fused-ring (bicyclic) bond motifs is 1. The molecular formula is C22H28ClN3O3S. The summed E-state index contributed by atoms with van der Waals surface area (Å²) < 4.78 is 11.9. The van der Waals surface area contributed by atoms with Crippen LogP contribution >= 0.6 is 23.7 Å². The quantitative estimate of drug-likeness (QED) is 0.512. The van der Waals surface area contributed by atoms with Crippen molar-refractivity contribution in [1.82, 2.24) is 9.88 Å². The van der Waals surface area contributed by atoms with Crippen LogP contribution < -0.4 is 14.4 Å². The minimum atomic E-state index is -0.115. The lowest BCUT2D eigenvalue weighted by molar-refractivity contribution is -0.120. The number of methoxy groups -OCH3 is 1. The number of carbonyl (C=O) groups is 1. The second-order valence-electron chi connectivity index (χ2n) is 7.16. The molecule has 6 nitrogen and oxygen atoms in total. The van der Waals surface area contributed by atoms with Crippen molar-refractivity contribution in [3.05, 3.63) is 47.5 Å². The van der Waals surface area contributed by atoms with Gasteiger partial charge in [-0.3, -0.25) is 9.69 Å². The highest BCUT2D eigenvalue weighted by atomic mass is 35.5. The number of likely N-dealkylation sites (N-methyl/N-ethyl adjacent to an activating group) is 1. The topological polar surface area (TPSA) is 54.9 Å². The molecular weight excluding hydrogens is 422 g/mol. The van der Waals surface area contributed by atoms with E-state index in [0.717, 1.165) is 28.1 Å². The average molecular weight is 450 g/mol. The van der Waals surface area contributed by atoms with Crippen molar-refractivity contribution in [2.45, 2.75) is 13.8 Å². The molecule has 0 aliphatic heterocycles. The number of hydrogen-bond acceptors (Lipinski definition) is 6. The number of rotatable bonds is 8. The fraction of sp³-hybridized carbons (Fsp3) is 0.364. The third kappa shape index (κ3) is 5.62. The molecule has 0 bridgehead atoms. The Morgan fingerprint density at radius 3 is 2.33 bits per heavy atom. The van der Waals surface area contributed by atoms with Gasteiger partial charge in [0.1, 0.15) is 11.5 Å². The molecule has 1 heterocycles. The van der Waals surface area contributed by atoms with Gasteiger partial charge in [-0.2, -0.15) is 0 Å². The van der Waals surface area contributed by atoms with Crippen molar-refractivity contribution < 1.29 is 14.3 Å². The molecule has 0 unspecified atom stereocenters. The highest BCUT2D eigenvalue weighted by Crippen LogP contribution is 2.32. The molecule has 1 aromatic heterocycles. The number of hydrogen-bond donors (Lipinski definition) is 0. The van der Waals surface area contributed by atoms with Crippen molar-refractivity contribution in [3.63, 3.8) is 0 Å². The summed E-state index contributed by atoms with van der Waals surface area (Å²) >= 11 is 1.54. The van der Waals surface area contributed by atoms with Gasteiger partial charge in [0.25, 0.3) is 5.91 Å². The molecule has 0 fully saturated rings. The van der Waals surface area contributed by atoms with Crippen molar-refractivity contribution in [2.24, 2.45) is 0 Å². The SMILES string of the molecule is COc1ccc(OCC(=O)N(CCN(C)C)c2nc3c(C)c(C)ccc3s2)cc1.Cl. The minimum Gasteiger partial charge on any atom is -0.497 e. The second kappa shape index (κ2) is 10.6. The number of aromatic nitrogens is 1. The van der Waals surface area contributed by atoms with E-state index in [4.69, 9.17) is 14.5 Å².